The van der Waals surface area contributed by atoms with Crippen LogP contribution in [0.4, 0.5) is 0 Å². The largest absolute Gasteiger partial charge is 0.355 e. The Morgan fingerprint density at radius 1 is 0.485 bits per heavy atom. The first-order chi connectivity index (χ1) is 15.7. The molecule has 2 N–H and O–H groups in total. The SMILES string of the molecule is CCc1c2nc(c(CC)c3ccc([nH]3)c(CC)c3ccc([nH]3)c(CC)c3nc1C=C3)C=C2.[V]. The molecule has 0 amide bonds. The van der Waals surface area contributed by atoms with Crippen LogP contribution in [0.25, 0.3) is 46.4 Å². The zero-order chi connectivity index (χ0) is 22.2. The Morgan fingerprint density at radius 3 is 1.12 bits per heavy atom. The van der Waals surface area contributed by atoms with Gasteiger partial charge in [-0.1, -0.05) is 27.7 Å². The van der Waals surface area contributed by atoms with E-state index >= 15 is 0 Å². The normalized spacial score (nSPS) is 12.2. The van der Waals surface area contributed by atoms with Gasteiger partial charge < -0.3 is 9.97 Å². The van der Waals surface area contributed by atoms with Crippen LogP contribution in [0, 0.1) is 0 Å². The van der Waals surface area contributed by atoms with Gasteiger partial charge in [-0.2, -0.15) is 0 Å². The van der Waals surface area contributed by atoms with E-state index < -0.39 is 0 Å². The van der Waals surface area contributed by atoms with Crippen molar-refractivity contribution in [2.75, 3.05) is 0 Å². The smallest absolute Gasteiger partial charge is 0.0691 e. The van der Waals surface area contributed by atoms with Crippen LogP contribution >= 0.6 is 0 Å². The maximum absolute atomic E-state index is 5.05. The summed E-state index contributed by atoms with van der Waals surface area (Å²) in [6.07, 6.45) is 12.3. The van der Waals surface area contributed by atoms with Crippen molar-refractivity contribution in [3.63, 3.8) is 0 Å². The van der Waals surface area contributed by atoms with Crippen LogP contribution in [0.5, 0.6) is 0 Å². The van der Waals surface area contributed by atoms with Gasteiger partial charge in [0.25, 0.3) is 0 Å². The van der Waals surface area contributed by atoms with Gasteiger partial charge in [0.15, 0.2) is 0 Å². The van der Waals surface area contributed by atoms with Crippen molar-refractivity contribution in [2.24, 2.45) is 0 Å². The zero-order valence-corrected chi connectivity index (χ0v) is 21.2. The van der Waals surface area contributed by atoms with Gasteiger partial charge in [0.2, 0.25) is 0 Å². The summed E-state index contributed by atoms with van der Waals surface area (Å²) in [7, 11) is 0. The van der Waals surface area contributed by atoms with Gasteiger partial charge in [0.05, 0.1) is 22.8 Å². The van der Waals surface area contributed by atoms with E-state index in [-0.39, 0.29) is 18.6 Å². The molecule has 167 valence electrons. The van der Waals surface area contributed by atoms with Crippen LogP contribution in [0.2, 0.25) is 0 Å². The Morgan fingerprint density at radius 2 is 0.788 bits per heavy atom. The van der Waals surface area contributed by atoms with Gasteiger partial charge in [-0.25, -0.2) is 9.97 Å². The fourth-order valence-electron chi connectivity index (χ4n) is 4.93. The van der Waals surface area contributed by atoms with Crippen molar-refractivity contribution >= 4 is 46.4 Å². The van der Waals surface area contributed by atoms with Gasteiger partial charge in [-0.3, -0.25) is 0 Å². The minimum atomic E-state index is 0. The summed E-state index contributed by atoms with van der Waals surface area (Å²) in [4.78, 5) is 17.5. The molecule has 3 aromatic rings. The molecule has 2 aliphatic heterocycles. The molecule has 0 spiro atoms. The number of aromatic amines is 2. The third kappa shape index (κ3) is 4.03. The predicted molar refractivity (Wildman–Crippen MR) is 136 cm³/mol. The summed E-state index contributed by atoms with van der Waals surface area (Å²) in [5.41, 5.74) is 13.7. The Kier molecular flexibility index (Phi) is 6.78. The second-order valence-corrected chi connectivity index (χ2v) is 8.33. The van der Waals surface area contributed by atoms with Crippen LogP contribution in [-0.2, 0) is 44.2 Å². The molecule has 0 aromatic carbocycles. The molecule has 0 unspecified atom stereocenters. The summed E-state index contributed by atoms with van der Waals surface area (Å²) < 4.78 is 0. The van der Waals surface area contributed by atoms with Crippen molar-refractivity contribution in [3.8, 4) is 0 Å². The molecule has 0 aliphatic carbocycles. The molecule has 0 atom stereocenters. The third-order valence-electron chi connectivity index (χ3n) is 6.60. The second-order valence-electron chi connectivity index (χ2n) is 8.33. The molecule has 0 saturated carbocycles. The molecule has 0 fully saturated rings. The van der Waals surface area contributed by atoms with Crippen LogP contribution in [0.1, 0.15) is 72.7 Å². The van der Waals surface area contributed by atoms with Crippen LogP contribution in [-0.4, -0.2) is 19.9 Å². The molecule has 0 saturated heterocycles. The van der Waals surface area contributed by atoms with E-state index in [4.69, 9.17) is 9.97 Å². The summed E-state index contributed by atoms with van der Waals surface area (Å²) in [6.45, 7) is 8.78. The zero-order valence-electron chi connectivity index (χ0n) is 19.8. The van der Waals surface area contributed by atoms with Crippen molar-refractivity contribution < 1.29 is 18.6 Å². The summed E-state index contributed by atoms with van der Waals surface area (Å²) in [6, 6.07) is 8.79. The first-order valence-electron chi connectivity index (χ1n) is 11.8. The van der Waals surface area contributed by atoms with E-state index in [0.717, 1.165) is 70.5 Å². The van der Waals surface area contributed by atoms with Crippen LogP contribution in [0.15, 0.2) is 24.3 Å². The van der Waals surface area contributed by atoms with Crippen molar-refractivity contribution in [1.29, 1.82) is 0 Å². The number of hydrogen-bond donors (Lipinski definition) is 2. The number of H-pyrrole nitrogens is 2. The topological polar surface area (TPSA) is 57.4 Å². The molecule has 4 nitrogen and oxygen atoms in total. The number of fused-ring (bicyclic) bond motifs is 8. The Hall–Kier alpha value is -2.82. The van der Waals surface area contributed by atoms with E-state index in [1.165, 1.54) is 22.3 Å². The number of hydrogen-bond acceptors (Lipinski definition) is 2. The summed E-state index contributed by atoms with van der Waals surface area (Å²) >= 11 is 0. The molecule has 5 heterocycles. The van der Waals surface area contributed by atoms with Crippen molar-refractivity contribution in [2.45, 2.75) is 53.4 Å². The average molecular weight is 474 g/mol. The number of nitrogens with zero attached hydrogens (tertiary/aromatic N) is 2. The van der Waals surface area contributed by atoms with E-state index in [9.17, 15) is 0 Å². The van der Waals surface area contributed by atoms with Gasteiger partial charge in [0, 0.05) is 57.3 Å². The average Bonchev–Trinajstić information content (AvgIpc) is 3.59. The van der Waals surface area contributed by atoms with Crippen molar-refractivity contribution in [3.05, 3.63) is 69.3 Å². The third-order valence-corrected chi connectivity index (χ3v) is 6.60. The molecule has 1 radical (unpaired) electrons. The quantitative estimate of drug-likeness (QED) is 0.298. The van der Waals surface area contributed by atoms with Gasteiger partial charge in [0.1, 0.15) is 0 Å². The maximum atomic E-state index is 5.05. The molecular weight excluding hydrogens is 443 g/mol. The standard InChI is InChI=1S/C28H30N4.V/c1-5-17-21-9-11-23(29-21)18(6-2)25-13-15-27(31-25)20(8-4)28-16-14-26(32-28)19(7-3)24-12-10-22(17)30-24;/h9-16,29-30H,5-8H2,1-4H3;. The molecule has 2 aliphatic rings. The maximum Gasteiger partial charge on any atom is 0.0691 e. The number of aromatic nitrogens is 4. The van der Waals surface area contributed by atoms with E-state index in [1.807, 2.05) is 0 Å². The van der Waals surface area contributed by atoms with E-state index in [0.29, 0.717) is 0 Å². The van der Waals surface area contributed by atoms with Gasteiger partial charge >= 0.3 is 0 Å². The van der Waals surface area contributed by atoms with Gasteiger partial charge in [-0.05, 0) is 79.8 Å². The Bertz CT molecular complexity index is 1320. The van der Waals surface area contributed by atoms with Crippen LogP contribution in [0.3, 0.4) is 0 Å². The first-order valence-corrected chi connectivity index (χ1v) is 11.8. The molecule has 5 rings (SSSR count). The van der Waals surface area contributed by atoms with Crippen molar-refractivity contribution in [1.82, 2.24) is 19.9 Å². The molecule has 3 aromatic heterocycles. The molecule has 8 bridgehead atoms. The minimum Gasteiger partial charge on any atom is -0.355 e. The monoisotopic (exact) mass is 473 g/mol. The molecule has 33 heavy (non-hydrogen) atoms. The molecular formula is C28H30N4V. The van der Waals surface area contributed by atoms with Gasteiger partial charge in [-0.15, -0.1) is 0 Å². The minimum absolute atomic E-state index is 0. The number of aryl methyl sites for hydroxylation is 3. The Labute approximate surface area is 207 Å². The fourth-order valence-corrected chi connectivity index (χ4v) is 4.93. The second kappa shape index (κ2) is 9.58. The Balaban J connectivity index is 0.00000259. The summed E-state index contributed by atoms with van der Waals surface area (Å²) in [5, 5.41) is 0. The fraction of sp³-hybridized carbons (Fsp3) is 0.286. The molecule has 5 heteroatoms. The van der Waals surface area contributed by atoms with E-state index in [1.54, 1.807) is 0 Å². The van der Waals surface area contributed by atoms with E-state index in [2.05, 4.69) is 86.2 Å². The number of rotatable bonds is 4. The predicted octanol–water partition coefficient (Wildman–Crippen LogP) is 6.90. The first kappa shape index (κ1) is 23.3. The summed E-state index contributed by atoms with van der Waals surface area (Å²) in [5.74, 6) is 0. The number of nitrogens with one attached hydrogen (secondary N) is 2. The van der Waals surface area contributed by atoms with Crippen LogP contribution < -0.4 is 0 Å².